The molecule has 4 atom stereocenters. The fourth-order valence-electron chi connectivity index (χ4n) is 2.93. The quantitative estimate of drug-likeness (QED) is 0.544. The first-order valence-corrected chi connectivity index (χ1v) is 4.54. The van der Waals surface area contributed by atoms with Gasteiger partial charge in [0.2, 0.25) is 0 Å². The van der Waals surface area contributed by atoms with Gasteiger partial charge in [0.25, 0.3) is 0 Å². The third-order valence-electron chi connectivity index (χ3n) is 3.64. The maximum absolute atomic E-state index is 5.97. The van der Waals surface area contributed by atoms with Crippen LogP contribution in [-0.4, -0.2) is 6.04 Å². The van der Waals surface area contributed by atoms with E-state index in [1.807, 2.05) is 0 Å². The summed E-state index contributed by atoms with van der Waals surface area (Å²) >= 11 is 0. The Bertz CT molecular complexity index is 131. The SMILES string of the molecule is CC1C(N)CC2CCCC21. The first kappa shape index (κ1) is 6.66. The van der Waals surface area contributed by atoms with Gasteiger partial charge >= 0.3 is 0 Å². The van der Waals surface area contributed by atoms with Gasteiger partial charge in [-0.05, 0) is 30.6 Å². The van der Waals surface area contributed by atoms with E-state index in [0.29, 0.717) is 6.04 Å². The Morgan fingerprint density at radius 2 is 2.10 bits per heavy atom. The summed E-state index contributed by atoms with van der Waals surface area (Å²) in [5, 5.41) is 0. The minimum Gasteiger partial charge on any atom is -0.327 e. The molecule has 4 unspecified atom stereocenters. The molecule has 2 rings (SSSR count). The average molecular weight is 139 g/mol. The van der Waals surface area contributed by atoms with Crippen LogP contribution in [0.5, 0.6) is 0 Å². The minimum atomic E-state index is 0.523. The highest BCUT2D eigenvalue weighted by Gasteiger charge is 2.40. The predicted octanol–water partition coefficient (Wildman–Crippen LogP) is 1.77. The third-order valence-corrected chi connectivity index (χ3v) is 3.64. The fourth-order valence-corrected chi connectivity index (χ4v) is 2.93. The van der Waals surface area contributed by atoms with E-state index in [9.17, 15) is 0 Å². The Hall–Kier alpha value is -0.0400. The van der Waals surface area contributed by atoms with Gasteiger partial charge in [0.15, 0.2) is 0 Å². The molecule has 10 heavy (non-hydrogen) atoms. The van der Waals surface area contributed by atoms with Crippen molar-refractivity contribution >= 4 is 0 Å². The molecule has 0 aromatic heterocycles. The van der Waals surface area contributed by atoms with E-state index in [0.717, 1.165) is 17.8 Å². The van der Waals surface area contributed by atoms with Crippen molar-refractivity contribution in [2.45, 2.75) is 38.6 Å². The zero-order chi connectivity index (χ0) is 7.14. The molecule has 58 valence electrons. The molecule has 0 saturated heterocycles. The third kappa shape index (κ3) is 0.800. The lowest BCUT2D eigenvalue weighted by atomic mass is 9.93. The van der Waals surface area contributed by atoms with Crippen molar-refractivity contribution < 1.29 is 0 Å². The van der Waals surface area contributed by atoms with Crippen molar-refractivity contribution in [2.75, 3.05) is 0 Å². The second kappa shape index (κ2) is 2.23. The molecule has 0 aromatic carbocycles. The number of hydrogen-bond donors (Lipinski definition) is 1. The van der Waals surface area contributed by atoms with Gasteiger partial charge in [-0.2, -0.15) is 0 Å². The molecule has 2 aliphatic rings. The molecule has 0 heterocycles. The Kier molecular flexibility index (Phi) is 1.48. The minimum absolute atomic E-state index is 0.523. The predicted molar refractivity (Wildman–Crippen MR) is 42.6 cm³/mol. The van der Waals surface area contributed by atoms with Crippen LogP contribution in [0.25, 0.3) is 0 Å². The smallest absolute Gasteiger partial charge is 0.00700 e. The molecule has 0 aromatic rings. The maximum Gasteiger partial charge on any atom is 0.00700 e. The van der Waals surface area contributed by atoms with Crippen LogP contribution in [0.1, 0.15) is 32.6 Å². The summed E-state index contributed by atoms with van der Waals surface area (Å²) in [6.45, 7) is 2.33. The van der Waals surface area contributed by atoms with Gasteiger partial charge in [0, 0.05) is 6.04 Å². The Morgan fingerprint density at radius 3 is 2.80 bits per heavy atom. The van der Waals surface area contributed by atoms with E-state index < -0.39 is 0 Å². The van der Waals surface area contributed by atoms with Gasteiger partial charge in [0.05, 0.1) is 0 Å². The van der Waals surface area contributed by atoms with Gasteiger partial charge in [-0.15, -0.1) is 0 Å². The summed E-state index contributed by atoms with van der Waals surface area (Å²) in [7, 11) is 0. The zero-order valence-corrected chi connectivity index (χ0v) is 6.72. The summed E-state index contributed by atoms with van der Waals surface area (Å²) < 4.78 is 0. The van der Waals surface area contributed by atoms with E-state index in [-0.39, 0.29) is 0 Å². The van der Waals surface area contributed by atoms with Crippen molar-refractivity contribution in [3.8, 4) is 0 Å². The average Bonchev–Trinajstić information content (AvgIpc) is 2.41. The second-order valence-electron chi connectivity index (χ2n) is 4.11. The molecule has 2 aliphatic carbocycles. The highest BCUT2D eigenvalue weighted by molar-refractivity contribution is 4.94. The molecule has 0 aliphatic heterocycles. The lowest BCUT2D eigenvalue weighted by molar-refractivity contribution is 0.364. The Labute approximate surface area is 63.0 Å². The molecule has 1 heteroatoms. The molecular weight excluding hydrogens is 122 g/mol. The summed E-state index contributed by atoms with van der Waals surface area (Å²) in [4.78, 5) is 0. The van der Waals surface area contributed by atoms with E-state index in [1.165, 1.54) is 25.7 Å². The zero-order valence-electron chi connectivity index (χ0n) is 6.72. The van der Waals surface area contributed by atoms with Crippen LogP contribution in [-0.2, 0) is 0 Å². The van der Waals surface area contributed by atoms with Crippen molar-refractivity contribution in [1.29, 1.82) is 0 Å². The highest BCUT2D eigenvalue weighted by Crippen LogP contribution is 2.46. The monoisotopic (exact) mass is 139 g/mol. The van der Waals surface area contributed by atoms with Gasteiger partial charge < -0.3 is 5.73 Å². The van der Waals surface area contributed by atoms with Gasteiger partial charge in [-0.25, -0.2) is 0 Å². The van der Waals surface area contributed by atoms with Crippen LogP contribution in [0.3, 0.4) is 0 Å². The molecule has 0 spiro atoms. The van der Waals surface area contributed by atoms with Crippen LogP contribution in [0.15, 0.2) is 0 Å². The van der Waals surface area contributed by atoms with Crippen molar-refractivity contribution in [1.82, 2.24) is 0 Å². The van der Waals surface area contributed by atoms with E-state index in [4.69, 9.17) is 5.73 Å². The molecule has 2 N–H and O–H groups in total. The van der Waals surface area contributed by atoms with Gasteiger partial charge in [-0.1, -0.05) is 19.8 Å². The molecule has 2 fully saturated rings. The van der Waals surface area contributed by atoms with E-state index in [1.54, 1.807) is 0 Å². The number of rotatable bonds is 0. The summed E-state index contributed by atoms with van der Waals surface area (Å²) in [5.74, 6) is 2.81. The molecular formula is C9H17N. The lowest BCUT2D eigenvalue weighted by Crippen LogP contribution is -2.24. The van der Waals surface area contributed by atoms with Gasteiger partial charge in [0.1, 0.15) is 0 Å². The van der Waals surface area contributed by atoms with Gasteiger partial charge in [-0.3, -0.25) is 0 Å². The van der Waals surface area contributed by atoms with Crippen LogP contribution < -0.4 is 5.73 Å². The van der Waals surface area contributed by atoms with Crippen molar-refractivity contribution in [3.05, 3.63) is 0 Å². The number of hydrogen-bond acceptors (Lipinski definition) is 1. The van der Waals surface area contributed by atoms with E-state index >= 15 is 0 Å². The first-order chi connectivity index (χ1) is 4.79. The van der Waals surface area contributed by atoms with Crippen LogP contribution in [0.2, 0.25) is 0 Å². The molecule has 0 bridgehead atoms. The molecule has 2 saturated carbocycles. The first-order valence-electron chi connectivity index (χ1n) is 4.54. The summed E-state index contributed by atoms with van der Waals surface area (Å²) in [6, 6.07) is 0.523. The largest absolute Gasteiger partial charge is 0.327 e. The standard InChI is InChI=1S/C9H17N/c1-6-8-4-2-3-7(8)5-9(6)10/h6-9H,2-5,10H2,1H3. The van der Waals surface area contributed by atoms with Crippen LogP contribution in [0, 0.1) is 17.8 Å². The summed E-state index contributed by atoms with van der Waals surface area (Å²) in [6.07, 6.45) is 5.69. The van der Waals surface area contributed by atoms with Crippen molar-refractivity contribution in [2.24, 2.45) is 23.5 Å². The maximum atomic E-state index is 5.97. The topological polar surface area (TPSA) is 26.0 Å². The van der Waals surface area contributed by atoms with Crippen LogP contribution in [0.4, 0.5) is 0 Å². The highest BCUT2D eigenvalue weighted by atomic mass is 14.7. The normalized spacial score (nSPS) is 53.4. The molecule has 0 radical (unpaired) electrons. The number of fused-ring (bicyclic) bond motifs is 1. The summed E-state index contributed by atoms with van der Waals surface area (Å²) in [5.41, 5.74) is 5.97. The molecule has 0 amide bonds. The van der Waals surface area contributed by atoms with Crippen LogP contribution >= 0.6 is 0 Å². The second-order valence-corrected chi connectivity index (χ2v) is 4.11. The lowest BCUT2D eigenvalue weighted by Gasteiger charge is -2.15. The Morgan fingerprint density at radius 1 is 1.30 bits per heavy atom. The molecule has 1 nitrogen and oxygen atoms in total. The number of nitrogens with two attached hydrogens (primary N) is 1. The van der Waals surface area contributed by atoms with Crippen molar-refractivity contribution in [3.63, 3.8) is 0 Å². The van der Waals surface area contributed by atoms with E-state index in [2.05, 4.69) is 6.92 Å². The fraction of sp³-hybridized carbons (Fsp3) is 1.00. The Balaban J connectivity index is 2.09.